The zero-order chi connectivity index (χ0) is 7.82. The van der Waals surface area contributed by atoms with Crippen LogP contribution in [0.3, 0.4) is 0 Å². The first-order chi connectivity index (χ1) is 4.81. The predicted octanol–water partition coefficient (Wildman–Crippen LogP) is 1.55. The van der Waals surface area contributed by atoms with Crippen LogP contribution in [0.4, 0.5) is 0 Å². The van der Waals surface area contributed by atoms with E-state index in [-0.39, 0.29) is 0 Å². The Balaban J connectivity index is 0.000000236. The molecule has 1 aromatic carbocycles. The molecule has 54 valence electrons. The van der Waals surface area contributed by atoms with Crippen molar-refractivity contribution in [1.29, 1.82) is 0 Å². The average molecular weight is 155 g/mol. The highest BCUT2D eigenvalue weighted by Gasteiger charge is 1.72. The lowest BCUT2D eigenvalue weighted by atomic mass is 10.2. The van der Waals surface area contributed by atoms with Gasteiger partial charge in [0.1, 0.15) is 0 Å². The molecule has 0 fully saturated rings. The van der Waals surface area contributed by atoms with Crippen LogP contribution in [0.2, 0.25) is 0 Å². The highest BCUT2D eigenvalue weighted by Crippen LogP contribution is 1.92. The van der Waals surface area contributed by atoms with E-state index in [2.05, 4.69) is 19.1 Å². The van der Waals surface area contributed by atoms with Gasteiger partial charge in [0.05, 0.1) is 8.69 Å². The third kappa shape index (κ3) is 5.42. The Morgan fingerprint density at radius 1 is 1.30 bits per heavy atom. The fourth-order valence-corrected chi connectivity index (χ4v) is 0.534. The molecule has 0 bridgehead atoms. The van der Waals surface area contributed by atoms with Gasteiger partial charge in [-0.1, -0.05) is 35.9 Å². The summed E-state index contributed by atoms with van der Waals surface area (Å²) in [4.78, 5) is 8.35. The third-order valence-electron chi connectivity index (χ3n) is 0.940. The molecule has 1 rings (SSSR count). The average Bonchev–Trinajstić information content (AvgIpc) is 1.91. The zero-order valence-corrected chi connectivity index (χ0v) is 6.54. The Labute approximate surface area is 61.8 Å². The summed E-state index contributed by atoms with van der Waals surface area (Å²) in [5.74, 6) is 0. The van der Waals surface area contributed by atoms with Gasteiger partial charge in [-0.25, -0.2) is 0 Å². The van der Waals surface area contributed by atoms with Gasteiger partial charge in [0.25, 0.3) is 0 Å². The minimum Gasteiger partial charge on any atom is -0.772 e. The molecular weight excluding hydrogens is 147 g/mol. The number of aryl methyl sites for hydroxylation is 1. The zero-order valence-electron chi connectivity index (χ0n) is 5.65. The maximum atomic E-state index is 8.35. The van der Waals surface area contributed by atoms with Crippen LogP contribution in [0.1, 0.15) is 5.56 Å². The van der Waals surface area contributed by atoms with Crippen LogP contribution in [0.25, 0.3) is 0 Å². The van der Waals surface area contributed by atoms with Crippen LogP contribution in [-0.4, -0.2) is 0 Å². The summed E-state index contributed by atoms with van der Waals surface area (Å²) in [5.41, 5.74) is 1.32. The topological polar surface area (TPSA) is 40.1 Å². The normalized spacial score (nSPS) is 8.20. The molecule has 0 aromatic heterocycles. The van der Waals surface area contributed by atoms with Gasteiger partial charge in [-0.2, -0.15) is 0 Å². The molecule has 0 spiro atoms. The van der Waals surface area contributed by atoms with Gasteiger partial charge in [0, 0.05) is 0 Å². The van der Waals surface area contributed by atoms with Crippen molar-refractivity contribution in [1.82, 2.24) is 0 Å². The van der Waals surface area contributed by atoms with Crippen LogP contribution in [0.5, 0.6) is 0 Å². The highest BCUT2D eigenvalue weighted by molar-refractivity contribution is 7.14. The standard InChI is InChI=1S/C7H8.HO2P/c1-7-5-3-2-4-6-7;1-3-2/h2-6H,1H3;(H,1,2)/p-1. The third-order valence-corrected chi connectivity index (χ3v) is 0.940. The second-order valence-electron chi connectivity index (χ2n) is 1.73. The molecular formula is C7H8O2P-. The van der Waals surface area contributed by atoms with E-state index < -0.39 is 8.69 Å². The maximum Gasteiger partial charge on any atom is 0.0642 e. The van der Waals surface area contributed by atoms with Crippen molar-refractivity contribution in [2.45, 2.75) is 6.92 Å². The molecule has 10 heavy (non-hydrogen) atoms. The predicted molar refractivity (Wildman–Crippen MR) is 38.8 cm³/mol. The summed E-state index contributed by atoms with van der Waals surface area (Å²) >= 11 is 0. The molecule has 0 aliphatic heterocycles. The molecule has 3 heteroatoms. The molecule has 1 aromatic rings. The molecule has 0 saturated carbocycles. The number of rotatable bonds is 0. The number of hydrogen-bond acceptors (Lipinski definition) is 2. The second-order valence-corrected chi connectivity index (χ2v) is 1.88. The van der Waals surface area contributed by atoms with Crippen LogP contribution >= 0.6 is 8.69 Å². The minimum atomic E-state index is -1.08. The van der Waals surface area contributed by atoms with E-state index in [1.807, 2.05) is 18.2 Å². The van der Waals surface area contributed by atoms with Gasteiger partial charge in [0.15, 0.2) is 0 Å². The van der Waals surface area contributed by atoms with Crippen LogP contribution in [-0.2, 0) is 4.57 Å². The van der Waals surface area contributed by atoms with Crippen molar-refractivity contribution in [3.05, 3.63) is 35.9 Å². The second kappa shape index (κ2) is 6.40. The van der Waals surface area contributed by atoms with Crippen LogP contribution in [0.15, 0.2) is 30.3 Å². The van der Waals surface area contributed by atoms with Gasteiger partial charge in [-0.3, -0.25) is 4.57 Å². The molecule has 0 N–H and O–H groups in total. The summed E-state index contributed by atoms with van der Waals surface area (Å²) in [5, 5.41) is 0. The molecule has 0 unspecified atom stereocenters. The summed E-state index contributed by atoms with van der Waals surface area (Å²) in [6.45, 7) is 2.08. The van der Waals surface area contributed by atoms with Gasteiger partial charge >= 0.3 is 0 Å². The van der Waals surface area contributed by atoms with E-state index in [1.54, 1.807) is 0 Å². The molecule has 0 heterocycles. The summed E-state index contributed by atoms with van der Waals surface area (Å²) in [6.07, 6.45) is 0. The quantitative estimate of drug-likeness (QED) is 0.533. The lowest BCUT2D eigenvalue weighted by Crippen LogP contribution is -1.65. The summed E-state index contributed by atoms with van der Waals surface area (Å²) < 4.78 is 8.35. The highest BCUT2D eigenvalue weighted by atomic mass is 31.1. The Morgan fingerprint density at radius 3 is 1.90 bits per heavy atom. The van der Waals surface area contributed by atoms with E-state index in [9.17, 15) is 0 Å². The van der Waals surface area contributed by atoms with E-state index >= 15 is 0 Å². The first-order valence-electron chi connectivity index (χ1n) is 2.78. The fourth-order valence-electron chi connectivity index (χ4n) is 0.534. The summed E-state index contributed by atoms with van der Waals surface area (Å²) in [6, 6.07) is 10.3. The number of hydrogen-bond donors (Lipinski definition) is 0. The monoisotopic (exact) mass is 155 g/mol. The van der Waals surface area contributed by atoms with Gasteiger partial charge < -0.3 is 4.89 Å². The SMILES string of the molecule is Cc1ccccc1.O=P[O-]. The molecule has 0 radical (unpaired) electrons. The van der Waals surface area contributed by atoms with Crippen molar-refractivity contribution in [2.75, 3.05) is 0 Å². The Kier molecular flexibility index (Phi) is 5.94. The minimum absolute atomic E-state index is 1.08. The molecule has 0 aliphatic rings. The van der Waals surface area contributed by atoms with Crippen LogP contribution < -0.4 is 4.89 Å². The van der Waals surface area contributed by atoms with Crippen molar-refractivity contribution in [3.8, 4) is 0 Å². The van der Waals surface area contributed by atoms with Crippen LogP contribution in [0, 0.1) is 6.92 Å². The van der Waals surface area contributed by atoms with E-state index in [0.29, 0.717) is 0 Å². The van der Waals surface area contributed by atoms with E-state index in [4.69, 9.17) is 9.46 Å². The largest absolute Gasteiger partial charge is 0.772 e. The molecule has 0 aliphatic carbocycles. The molecule has 0 saturated heterocycles. The van der Waals surface area contributed by atoms with Crippen molar-refractivity contribution < 1.29 is 9.46 Å². The lowest BCUT2D eigenvalue weighted by Gasteiger charge is -1.82. The van der Waals surface area contributed by atoms with Crippen molar-refractivity contribution in [3.63, 3.8) is 0 Å². The first kappa shape index (κ1) is 9.28. The van der Waals surface area contributed by atoms with Crippen molar-refractivity contribution in [2.24, 2.45) is 0 Å². The fraction of sp³-hybridized carbons (Fsp3) is 0.143. The Hall–Kier alpha value is -0.720. The molecule has 0 atom stereocenters. The maximum absolute atomic E-state index is 8.35. The lowest BCUT2D eigenvalue weighted by molar-refractivity contribution is -0.154. The smallest absolute Gasteiger partial charge is 0.0642 e. The first-order valence-corrected chi connectivity index (χ1v) is 3.51. The molecule has 0 amide bonds. The van der Waals surface area contributed by atoms with E-state index in [1.165, 1.54) is 5.56 Å². The summed E-state index contributed by atoms with van der Waals surface area (Å²) in [7, 11) is -1.08. The van der Waals surface area contributed by atoms with Crippen molar-refractivity contribution >= 4 is 8.69 Å². The number of benzene rings is 1. The van der Waals surface area contributed by atoms with E-state index in [0.717, 1.165) is 0 Å². The Bertz CT molecular complexity index is 174. The van der Waals surface area contributed by atoms with Gasteiger partial charge in [0.2, 0.25) is 0 Å². The molecule has 2 nitrogen and oxygen atoms in total. The van der Waals surface area contributed by atoms with Gasteiger partial charge in [-0.15, -0.1) is 0 Å². The van der Waals surface area contributed by atoms with Gasteiger partial charge in [-0.05, 0) is 6.92 Å². The Morgan fingerprint density at radius 2 is 1.70 bits per heavy atom.